The minimum absolute atomic E-state index is 0.185. The van der Waals surface area contributed by atoms with E-state index >= 15 is 0 Å². The molecule has 0 aliphatic carbocycles. The van der Waals surface area contributed by atoms with Crippen molar-refractivity contribution in [2.75, 3.05) is 37.7 Å². The van der Waals surface area contributed by atoms with Crippen molar-refractivity contribution in [3.63, 3.8) is 0 Å². The third-order valence-corrected chi connectivity index (χ3v) is 5.42. The molecule has 3 aromatic heterocycles. The van der Waals surface area contributed by atoms with Gasteiger partial charge in [-0.25, -0.2) is 18.7 Å². The molecule has 1 fully saturated rings. The summed E-state index contributed by atoms with van der Waals surface area (Å²) in [6, 6.07) is 11.6. The SMILES string of the molecule is FC(F)COc1ncnc2ccc(N3CCN(Cc4nnc5ccccn45)CC3)cc12. The van der Waals surface area contributed by atoms with Crippen LogP contribution in [-0.2, 0) is 6.54 Å². The van der Waals surface area contributed by atoms with Gasteiger partial charge >= 0.3 is 0 Å². The van der Waals surface area contributed by atoms with Gasteiger partial charge in [-0.2, -0.15) is 0 Å². The molecular weight excluding hydrogens is 404 g/mol. The molecule has 0 unspecified atom stereocenters. The summed E-state index contributed by atoms with van der Waals surface area (Å²) in [4.78, 5) is 12.9. The predicted molar refractivity (Wildman–Crippen MR) is 112 cm³/mol. The quantitative estimate of drug-likeness (QED) is 0.470. The van der Waals surface area contributed by atoms with Crippen molar-refractivity contribution in [3.8, 4) is 5.88 Å². The lowest BCUT2D eigenvalue weighted by Crippen LogP contribution is -2.46. The number of benzene rings is 1. The number of nitrogens with zero attached hydrogens (tertiary/aromatic N) is 7. The van der Waals surface area contributed by atoms with E-state index in [-0.39, 0.29) is 5.88 Å². The Balaban J connectivity index is 1.28. The maximum absolute atomic E-state index is 12.6. The average molecular weight is 425 g/mol. The molecule has 0 saturated carbocycles. The smallest absolute Gasteiger partial charge is 0.272 e. The second-order valence-corrected chi connectivity index (χ2v) is 7.39. The normalized spacial score (nSPS) is 15.3. The number of halogens is 2. The average Bonchev–Trinajstić information content (AvgIpc) is 3.20. The Hall–Kier alpha value is -3.40. The first-order valence-corrected chi connectivity index (χ1v) is 10.1. The van der Waals surface area contributed by atoms with E-state index in [1.165, 1.54) is 6.33 Å². The molecule has 4 heterocycles. The van der Waals surface area contributed by atoms with E-state index in [9.17, 15) is 8.78 Å². The van der Waals surface area contributed by atoms with Gasteiger partial charge in [-0.05, 0) is 30.3 Å². The molecule has 31 heavy (non-hydrogen) atoms. The molecule has 0 amide bonds. The van der Waals surface area contributed by atoms with E-state index in [0.717, 1.165) is 49.9 Å². The van der Waals surface area contributed by atoms with Crippen LogP contribution in [0.4, 0.5) is 14.5 Å². The van der Waals surface area contributed by atoms with E-state index in [4.69, 9.17) is 4.74 Å². The van der Waals surface area contributed by atoms with Crippen LogP contribution < -0.4 is 9.64 Å². The summed E-state index contributed by atoms with van der Waals surface area (Å²) < 4.78 is 32.3. The van der Waals surface area contributed by atoms with Gasteiger partial charge in [0, 0.05) is 38.1 Å². The molecule has 0 atom stereocenters. The molecule has 1 aliphatic heterocycles. The molecule has 160 valence electrons. The second kappa shape index (κ2) is 8.38. The lowest BCUT2D eigenvalue weighted by Gasteiger charge is -2.35. The lowest BCUT2D eigenvalue weighted by molar-refractivity contribution is 0.0804. The number of aromatic nitrogens is 5. The zero-order valence-corrected chi connectivity index (χ0v) is 16.7. The van der Waals surface area contributed by atoms with Crippen LogP contribution in [-0.4, -0.2) is 68.7 Å². The maximum atomic E-state index is 12.6. The predicted octanol–water partition coefficient (Wildman–Crippen LogP) is 2.64. The van der Waals surface area contributed by atoms with E-state index in [1.807, 2.05) is 47.0 Å². The van der Waals surface area contributed by atoms with Crippen molar-refractivity contribution in [1.29, 1.82) is 0 Å². The van der Waals surface area contributed by atoms with Crippen LogP contribution in [0.2, 0.25) is 0 Å². The third kappa shape index (κ3) is 4.11. The summed E-state index contributed by atoms with van der Waals surface area (Å²) in [5.41, 5.74) is 2.51. The van der Waals surface area contributed by atoms with Crippen LogP contribution in [0.3, 0.4) is 0 Å². The van der Waals surface area contributed by atoms with Crippen molar-refractivity contribution < 1.29 is 13.5 Å². The number of hydrogen-bond donors (Lipinski definition) is 0. The van der Waals surface area contributed by atoms with Gasteiger partial charge in [-0.15, -0.1) is 10.2 Å². The highest BCUT2D eigenvalue weighted by Crippen LogP contribution is 2.27. The van der Waals surface area contributed by atoms with Crippen molar-refractivity contribution >= 4 is 22.2 Å². The van der Waals surface area contributed by atoms with E-state index < -0.39 is 13.0 Å². The van der Waals surface area contributed by atoms with Gasteiger partial charge in [-0.3, -0.25) is 9.30 Å². The number of rotatable bonds is 6. The zero-order valence-electron chi connectivity index (χ0n) is 16.7. The topological polar surface area (TPSA) is 71.7 Å². The fourth-order valence-corrected chi connectivity index (χ4v) is 3.84. The highest BCUT2D eigenvalue weighted by Gasteiger charge is 2.20. The van der Waals surface area contributed by atoms with Gasteiger partial charge in [0.15, 0.2) is 18.1 Å². The molecule has 1 saturated heterocycles. The van der Waals surface area contributed by atoms with Crippen molar-refractivity contribution in [1.82, 2.24) is 29.5 Å². The molecule has 4 aromatic rings. The second-order valence-electron chi connectivity index (χ2n) is 7.39. The van der Waals surface area contributed by atoms with Gasteiger partial charge in [0.25, 0.3) is 6.43 Å². The van der Waals surface area contributed by atoms with Crippen molar-refractivity contribution in [3.05, 3.63) is 54.7 Å². The number of anilines is 1. The van der Waals surface area contributed by atoms with E-state index in [1.54, 1.807) is 0 Å². The third-order valence-electron chi connectivity index (χ3n) is 5.42. The van der Waals surface area contributed by atoms with Crippen LogP contribution >= 0.6 is 0 Å². The van der Waals surface area contributed by atoms with Gasteiger partial charge < -0.3 is 9.64 Å². The largest absolute Gasteiger partial charge is 0.471 e. The Labute approximate surface area is 177 Å². The first-order valence-electron chi connectivity index (χ1n) is 10.1. The molecule has 5 rings (SSSR count). The summed E-state index contributed by atoms with van der Waals surface area (Å²) in [5, 5.41) is 9.17. The molecular formula is C21H21F2N7O. The number of pyridine rings is 1. The number of hydrogen-bond acceptors (Lipinski definition) is 7. The monoisotopic (exact) mass is 425 g/mol. The molecule has 1 aromatic carbocycles. The van der Waals surface area contributed by atoms with E-state index in [2.05, 4.69) is 30.0 Å². The highest BCUT2D eigenvalue weighted by molar-refractivity contribution is 5.86. The first kappa shape index (κ1) is 19.6. The lowest BCUT2D eigenvalue weighted by atomic mass is 10.2. The Bertz CT molecular complexity index is 1190. The minimum atomic E-state index is -2.55. The van der Waals surface area contributed by atoms with Gasteiger partial charge in [0.1, 0.15) is 6.33 Å². The number of piperazine rings is 1. The fourth-order valence-electron chi connectivity index (χ4n) is 3.84. The van der Waals surface area contributed by atoms with Crippen molar-refractivity contribution in [2.24, 2.45) is 0 Å². The van der Waals surface area contributed by atoms with Gasteiger partial charge in [0.2, 0.25) is 5.88 Å². The van der Waals surface area contributed by atoms with Crippen LogP contribution in [0, 0.1) is 0 Å². The molecule has 0 N–H and O–H groups in total. The number of fused-ring (bicyclic) bond motifs is 2. The number of alkyl halides is 2. The highest BCUT2D eigenvalue weighted by atomic mass is 19.3. The molecule has 1 aliphatic rings. The van der Waals surface area contributed by atoms with Gasteiger partial charge in [0.05, 0.1) is 17.4 Å². The van der Waals surface area contributed by atoms with E-state index in [0.29, 0.717) is 10.9 Å². The standard InChI is InChI=1S/C21H21F2N7O/c22-18(23)13-31-21-16-11-15(4-5-17(16)24-14-25-21)29-9-7-28(8-10-29)12-20-27-26-19-3-1-2-6-30(19)20/h1-6,11,14,18H,7-10,12-13H2. The van der Waals surface area contributed by atoms with Crippen LogP contribution in [0.1, 0.15) is 5.82 Å². The number of ether oxygens (including phenoxy) is 1. The molecule has 8 nitrogen and oxygen atoms in total. The summed E-state index contributed by atoms with van der Waals surface area (Å²) in [5.74, 6) is 1.11. The minimum Gasteiger partial charge on any atom is -0.471 e. The zero-order chi connectivity index (χ0) is 21.2. The Morgan fingerprint density at radius 2 is 1.87 bits per heavy atom. The molecule has 10 heteroatoms. The van der Waals surface area contributed by atoms with Crippen LogP contribution in [0.5, 0.6) is 5.88 Å². The van der Waals surface area contributed by atoms with Crippen LogP contribution in [0.25, 0.3) is 16.6 Å². The first-order chi connectivity index (χ1) is 15.2. The molecule has 0 bridgehead atoms. The summed E-state index contributed by atoms with van der Waals surface area (Å²) in [6.45, 7) is 3.47. The summed E-state index contributed by atoms with van der Waals surface area (Å²) in [6.07, 6.45) is 0.755. The summed E-state index contributed by atoms with van der Waals surface area (Å²) in [7, 11) is 0. The Kier molecular flexibility index (Phi) is 5.29. The Morgan fingerprint density at radius 1 is 1.00 bits per heavy atom. The summed E-state index contributed by atoms with van der Waals surface area (Å²) >= 11 is 0. The molecule has 0 spiro atoms. The molecule has 0 radical (unpaired) electrons. The van der Waals surface area contributed by atoms with Crippen molar-refractivity contribution in [2.45, 2.75) is 13.0 Å². The Morgan fingerprint density at radius 3 is 2.71 bits per heavy atom. The maximum Gasteiger partial charge on any atom is 0.272 e. The fraction of sp³-hybridized carbons (Fsp3) is 0.333. The van der Waals surface area contributed by atoms with Gasteiger partial charge in [-0.1, -0.05) is 6.07 Å². The van der Waals surface area contributed by atoms with Crippen LogP contribution in [0.15, 0.2) is 48.9 Å².